The van der Waals surface area contributed by atoms with Crippen molar-refractivity contribution in [3.8, 4) is 0 Å². The summed E-state index contributed by atoms with van der Waals surface area (Å²) < 4.78 is 5.11. The second-order valence-corrected chi connectivity index (χ2v) is 4.55. The molecule has 0 aliphatic carbocycles. The Bertz CT molecular complexity index is 575. The Morgan fingerprint density at radius 1 is 1.32 bits per heavy atom. The number of nitrogens with two attached hydrogens (primary N) is 1. The molecule has 1 aromatic heterocycles. The summed E-state index contributed by atoms with van der Waals surface area (Å²) in [4.78, 5) is 12.0. The molecule has 2 aromatic rings. The van der Waals surface area contributed by atoms with Gasteiger partial charge in [-0.1, -0.05) is 32.0 Å². The third-order valence-electron chi connectivity index (χ3n) is 3.20. The molecule has 4 nitrogen and oxygen atoms in total. The van der Waals surface area contributed by atoms with E-state index in [-0.39, 0.29) is 17.6 Å². The number of benzene rings is 1. The van der Waals surface area contributed by atoms with Gasteiger partial charge in [-0.3, -0.25) is 4.79 Å². The monoisotopic (exact) mass is 258 g/mol. The number of furan rings is 1. The Labute approximate surface area is 112 Å². The number of nitrogens with one attached hydrogen (secondary N) is 1. The van der Waals surface area contributed by atoms with Crippen LogP contribution in [0, 0.1) is 0 Å². The van der Waals surface area contributed by atoms with Crippen LogP contribution in [0.15, 0.2) is 40.8 Å². The third-order valence-corrected chi connectivity index (χ3v) is 3.20. The minimum atomic E-state index is -0.285. The maximum absolute atomic E-state index is 12.0. The Morgan fingerprint density at radius 2 is 2.05 bits per heavy atom. The van der Waals surface area contributed by atoms with Gasteiger partial charge < -0.3 is 15.5 Å². The van der Waals surface area contributed by atoms with E-state index in [2.05, 4.69) is 19.2 Å². The molecule has 1 unspecified atom stereocenters. The van der Waals surface area contributed by atoms with Crippen LogP contribution in [0.25, 0.3) is 0 Å². The first-order chi connectivity index (χ1) is 9.11. The lowest BCUT2D eigenvalue weighted by Crippen LogP contribution is -2.13. The molecule has 1 amide bonds. The maximum atomic E-state index is 12.0. The Kier molecular flexibility index (Phi) is 3.90. The normalized spacial score (nSPS) is 12.1. The topological polar surface area (TPSA) is 68.3 Å². The third kappa shape index (κ3) is 2.96. The summed E-state index contributed by atoms with van der Waals surface area (Å²) in [5.41, 5.74) is 7.40. The summed E-state index contributed by atoms with van der Waals surface area (Å²) in [5, 5.41) is 2.87. The molecule has 4 heteroatoms. The van der Waals surface area contributed by atoms with Gasteiger partial charge in [-0.15, -0.1) is 0 Å². The van der Waals surface area contributed by atoms with E-state index in [9.17, 15) is 4.79 Å². The van der Waals surface area contributed by atoms with E-state index in [1.807, 2.05) is 24.3 Å². The van der Waals surface area contributed by atoms with E-state index in [1.165, 1.54) is 0 Å². The van der Waals surface area contributed by atoms with E-state index in [0.29, 0.717) is 5.92 Å². The molecule has 0 aliphatic heterocycles. The minimum Gasteiger partial charge on any atom is -0.436 e. The summed E-state index contributed by atoms with van der Waals surface area (Å²) in [6, 6.07) is 10.9. The van der Waals surface area contributed by atoms with Crippen molar-refractivity contribution in [1.82, 2.24) is 0 Å². The zero-order valence-corrected chi connectivity index (χ0v) is 11.1. The summed E-state index contributed by atoms with van der Waals surface area (Å²) in [7, 11) is 0. The second-order valence-electron chi connectivity index (χ2n) is 4.55. The van der Waals surface area contributed by atoms with Crippen LogP contribution < -0.4 is 11.1 Å². The van der Waals surface area contributed by atoms with Crippen molar-refractivity contribution in [2.75, 3.05) is 11.1 Å². The first-order valence-corrected chi connectivity index (χ1v) is 6.37. The molecule has 1 heterocycles. The fourth-order valence-corrected chi connectivity index (χ4v) is 1.92. The van der Waals surface area contributed by atoms with Crippen molar-refractivity contribution in [3.05, 3.63) is 47.7 Å². The molecule has 19 heavy (non-hydrogen) atoms. The lowest BCUT2D eigenvalue weighted by molar-refractivity contribution is 0.0997. The summed E-state index contributed by atoms with van der Waals surface area (Å²) >= 11 is 0. The summed E-state index contributed by atoms with van der Waals surface area (Å²) in [6.07, 6.45) is 1.01. The van der Waals surface area contributed by atoms with E-state index < -0.39 is 0 Å². The number of hydrogen-bond acceptors (Lipinski definition) is 3. The SMILES string of the molecule is CCC(C)c1ccccc1NC(=O)c1ccc(N)o1. The Balaban J connectivity index is 2.21. The average molecular weight is 258 g/mol. The molecule has 0 saturated heterocycles. The fraction of sp³-hybridized carbons (Fsp3) is 0.267. The molecule has 0 bridgehead atoms. The van der Waals surface area contributed by atoms with E-state index in [1.54, 1.807) is 12.1 Å². The highest BCUT2D eigenvalue weighted by atomic mass is 16.4. The van der Waals surface area contributed by atoms with E-state index >= 15 is 0 Å². The molecule has 0 saturated carbocycles. The smallest absolute Gasteiger partial charge is 0.291 e. The van der Waals surface area contributed by atoms with Crippen molar-refractivity contribution in [3.63, 3.8) is 0 Å². The molecule has 100 valence electrons. The van der Waals surface area contributed by atoms with Gasteiger partial charge in [-0.2, -0.15) is 0 Å². The van der Waals surface area contributed by atoms with Crippen LogP contribution in [0.5, 0.6) is 0 Å². The van der Waals surface area contributed by atoms with Crippen LogP contribution in [-0.2, 0) is 0 Å². The number of carbonyl (C=O) groups is 1. The minimum absolute atomic E-state index is 0.219. The number of nitrogen functional groups attached to an aromatic ring is 1. The lowest BCUT2D eigenvalue weighted by atomic mass is 9.97. The van der Waals surface area contributed by atoms with Gasteiger partial charge in [0, 0.05) is 11.8 Å². The van der Waals surface area contributed by atoms with Gasteiger partial charge in [0.1, 0.15) is 0 Å². The number of amides is 1. The lowest BCUT2D eigenvalue weighted by Gasteiger charge is -2.15. The van der Waals surface area contributed by atoms with Gasteiger partial charge in [-0.25, -0.2) is 0 Å². The van der Waals surface area contributed by atoms with Crippen molar-refractivity contribution < 1.29 is 9.21 Å². The molecule has 1 aromatic carbocycles. The van der Waals surface area contributed by atoms with Gasteiger partial charge in [-0.05, 0) is 30.0 Å². The van der Waals surface area contributed by atoms with Crippen LogP contribution in [0.4, 0.5) is 11.6 Å². The zero-order chi connectivity index (χ0) is 13.8. The molecular weight excluding hydrogens is 240 g/mol. The van der Waals surface area contributed by atoms with E-state index in [0.717, 1.165) is 17.7 Å². The Morgan fingerprint density at radius 3 is 2.68 bits per heavy atom. The molecule has 0 radical (unpaired) electrons. The van der Waals surface area contributed by atoms with Crippen LogP contribution in [0.2, 0.25) is 0 Å². The molecule has 0 fully saturated rings. The Hall–Kier alpha value is -2.23. The number of anilines is 2. The highest BCUT2D eigenvalue weighted by Crippen LogP contribution is 2.27. The number of rotatable bonds is 4. The van der Waals surface area contributed by atoms with Crippen molar-refractivity contribution in [1.29, 1.82) is 0 Å². The van der Waals surface area contributed by atoms with Crippen molar-refractivity contribution >= 4 is 17.5 Å². The first-order valence-electron chi connectivity index (χ1n) is 6.37. The zero-order valence-electron chi connectivity index (χ0n) is 11.1. The largest absolute Gasteiger partial charge is 0.436 e. The second kappa shape index (κ2) is 5.61. The first kappa shape index (κ1) is 13.2. The highest BCUT2D eigenvalue weighted by Gasteiger charge is 2.14. The number of hydrogen-bond donors (Lipinski definition) is 2. The van der Waals surface area contributed by atoms with Gasteiger partial charge in [0.25, 0.3) is 5.91 Å². The predicted molar refractivity (Wildman–Crippen MR) is 76.2 cm³/mol. The predicted octanol–water partition coefficient (Wildman–Crippen LogP) is 3.63. The number of para-hydroxylation sites is 1. The fourth-order valence-electron chi connectivity index (χ4n) is 1.92. The van der Waals surface area contributed by atoms with Gasteiger partial charge in [0.15, 0.2) is 11.6 Å². The van der Waals surface area contributed by atoms with Crippen LogP contribution >= 0.6 is 0 Å². The molecule has 1 atom stereocenters. The standard InChI is InChI=1S/C15H18N2O2/c1-3-10(2)11-6-4-5-7-12(11)17-15(18)13-8-9-14(16)19-13/h4-10H,3,16H2,1-2H3,(H,17,18). The maximum Gasteiger partial charge on any atom is 0.291 e. The molecule has 0 spiro atoms. The van der Waals surface area contributed by atoms with Crippen LogP contribution in [-0.4, -0.2) is 5.91 Å². The van der Waals surface area contributed by atoms with Gasteiger partial charge >= 0.3 is 0 Å². The van der Waals surface area contributed by atoms with Gasteiger partial charge in [0.2, 0.25) is 0 Å². The molecular formula is C15H18N2O2. The quantitative estimate of drug-likeness (QED) is 0.879. The van der Waals surface area contributed by atoms with Crippen molar-refractivity contribution in [2.45, 2.75) is 26.2 Å². The van der Waals surface area contributed by atoms with Crippen LogP contribution in [0.3, 0.4) is 0 Å². The summed E-state index contributed by atoms with van der Waals surface area (Å²) in [6.45, 7) is 4.26. The average Bonchev–Trinajstić information content (AvgIpc) is 2.85. The van der Waals surface area contributed by atoms with E-state index in [4.69, 9.17) is 10.2 Å². The molecule has 0 aliphatic rings. The van der Waals surface area contributed by atoms with Crippen LogP contribution in [0.1, 0.15) is 42.3 Å². The van der Waals surface area contributed by atoms with Gasteiger partial charge in [0.05, 0.1) is 0 Å². The molecule has 2 rings (SSSR count). The highest BCUT2D eigenvalue weighted by molar-refractivity contribution is 6.02. The number of carbonyl (C=O) groups excluding carboxylic acids is 1. The van der Waals surface area contributed by atoms with Crippen molar-refractivity contribution in [2.24, 2.45) is 0 Å². The summed E-state index contributed by atoms with van der Waals surface area (Å²) in [5.74, 6) is 0.558. The molecule has 3 N–H and O–H groups in total.